The van der Waals surface area contributed by atoms with E-state index in [1.807, 2.05) is 123 Å². The monoisotopic (exact) mass is 808 g/mol. The van der Waals surface area contributed by atoms with Crippen LogP contribution in [0.4, 0.5) is 11.4 Å². The predicted octanol–water partition coefficient (Wildman–Crippen LogP) is 6.74. The molecule has 4 aromatic rings. The molecule has 12 heteroatoms. The van der Waals surface area contributed by atoms with E-state index in [0.717, 1.165) is 26.9 Å². The van der Waals surface area contributed by atoms with E-state index >= 15 is 4.79 Å². The lowest BCUT2D eigenvalue weighted by molar-refractivity contribution is -0.150. The molecule has 10 nitrogen and oxygen atoms in total. The number of ether oxygens (including phenoxy) is 1. The highest BCUT2D eigenvalue weighted by molar-refractivity contribution is 9.10. The zero-order valence-electron chi connectivity index (χ0n) is 30.7. The molecule has 0 unspecified atom stereocenters. The van der Waals surface area contributed by atoms with Crippen molar-refractivity contribution < 1.29 is 29.0 Å². The number of hydrazone groups is 1. The van der Waals surface area contributed by atoms with E-state index in [1.54, 1.807) is 9.80 Å². The number of anilines is 2. The Hall–Kier alpha value is -4.46. The van der Waals surface area contributed by atoms with Crippen LogP contribution in [-0.4, -0.2) is 65.8 Å². The largest absolute Gasteiger partial charge is 0.432 e. The highest BCUT2D eigenvalue weighted by atomic mass is 79.9. The Morgan fingerprint density at radius 1 is 0.963 bits per heavy atom. The van der Waals surface area contributed by atoms with Gasteiger partial charge in [-0.1, -0.05) is 95.7 Å². The Bertz CT molecular complexity index is 2080. The van der Waals surface area contributed by atoms with E-state index in [1.165, 1.54) is 5.01 Å². The molecule has 3 heterocycles. The first-order valence-corrected chi connectivity index (χ1v) is 22.2. The zero-order valence-corrected chi connectivity index (χ0v) is 33.3. The minimum absolute atomic E-state index is 0.0470. The number of fused-ring (bicyclic) bond motifs is 2. The lowest BCUT2D eigenvalue weighted by atomic mass is 9.82. The van der Waals surface area contributed by atoms with Crippen LogP contribution in [0.5, 0.6) is 0 Å². The van der Waals surface area contributed by atoms with Crippen molar-refractivity contribution in [2.75, 3.05) is 23.1 Å². The summed E-state index contributed by atoms with van der Waals surface area (Å²) in [4.78, 5) is 57.3. The van der Waals surface area contributed by atoms with Crippen LogP contribution in [0.2, 0.25) is 18.6 Å². The zero-order chi connectivity index (χ0) is 38.2. The van der Waals surface area contributed by atoms with Crippen molar-refractivity contribution in [3.8, 4) is 0 Å². The smallest absolute Gasteiger partial charge is 0.264 e. The standard InChI is InChI=1S/C42H45BrN4O6Si/c1-28-40(54(2,3)52)37(25-39(50)45(21-22-48)26-29-11-6-4-7-12-29)53-42(28)34-24-32(43)17-19-36(34)46(41(42)51)27-30-13-10-16-33(23-30)47-38(49)20-18-35(44-47)31-14-8-5-9-15-31/h4-17,19,23-24,28,37,40,48,52H,18,20-22,25-27H2,1-3H3/t28-,37+,40-,42+/m0/s1. The molecule has 3 aliphatic heterocycles. The van der Waals surface area contributed by atoms with Crippen LogP contribution in [0.15, 0.2) is 113 Å². The number of rotatable bonds is 11. The number of hydrogen-bond acceptors (Lipinski definition) is 7. The maximum Gasteiger partial charge on any atom is 0.264 e. The number of aliphatic hydroxyl groups excluding tert-OH is 1. The predicted molar refractivity (Wildman–Crippen MR) is 214 cm³/mol. The van der Waals surface area contributed by atoms with Crippen molar-refractivity contribution >= 4 is 59.1 Å². The van der Waals surface area contributed by atoms with Gasteiger partial charge in [0.1, 0.15) is 0 Å². The number of amides is 3. The third-order valence-corrected chi connectivity index (χ3v) is 13.9. The van der Waals surface area contributed by atoms with Crippen LogP contribution < -0.4 is 9.91 Å². The Morgan fingerprint density at radius 2 is 1.67 bits per heavy atom. The average Bonchev–Trinajstić information content (AvgIpc) is 3.58. The molecule has 54 heavy (non-hydrogen) atoms. The lowest BCUT2D eigenvalue weighted by Crippen LogP contribution is -2.46. The molecule has 1 spiro atoms. The van der Waals surface area contributed by atoms with Crippen LogP contribution in [0.3, 0.4) is 0 Å². The number of nitrogens with zero attached hydrogens (tertiary/aromatic N) is 4. The quantitative estimate of drug-likeness (QED) is 0.162. The van der Waals surface area contributed by atoms with Gasteiger partial charge in [-0.15, -0.1) is 0 Å². The van der Waals surface area contributed by atoms with Gasteiger partial charge in [0.15, 0.2) is 13.9 Å². The normalized spacial score (nSPS) is 22.5. The second kappa shape index (κ2) is 15.3. The number of carbonyl (C=O) groups is 3. The number of carbonyl (C=O) groups excluding carboxylic acids is 3. The molecular formula is C42H45BrN4O6Si. The Balaban J connectivity index is 1.20. The first kappa shape index (κ1) is 37.8. The van der Waals surface area contributed by atoms with Gasteiger partial charge in [0.2, 0.25) is 11.8 Å². The van der Waals surface area contributed by atoms with Gasteiger partial charge < -0.3 is 24.4 Å². The molecule has 0 radical (unpaired) electrons. The van der Waals surface area contributed by atoms with E-state index in [2.05, 4.69) is 15.9 Å². The minimum atomic E-state index is -3.04. The maximum atomic E-state index is 15.0. The van der Waals surface area contributed by atoms with Crippen molar-refractivity contribution in [1.29, 1.82) is 0 Å². The highest BCUT2D eigenvalue weighted by Gasteiger charge is 2.66. The van der Waals surface area contributed by atoms with Crippen LogP contribution in [0.1, 0.15) is 48.4 Å². The van der Waals surface area contributed by atoms with Gasteiger partial charge in [-0.05, 0) is 60.1 Å². The lowest BCUT2D eigenvalue weighted by Gasteiger charge is -2.32. The molecule has 1 fully saturated rings. The first-order chi connectivity index (χ1) is 25.9. The molecule has 4 atom stereocenters. The van der Waals surface area contributed by atoms with Crippen LogP contribution in [0.25, 0.3) is 0 Å². The van der Waals surface area contributed by atoms with Gasteiger partial charge in [0.25, 0.3) is 5.91 Å². The molecular weight excluding hydrogens is 764 g/mol. The van der Waals surface area contributed by atoms with Crippen molar-refractivity contribution in [2.24, 2.45) is 11.0 Å². The third-order valence-electron chi connectivity index (χ3n) is 10.9. The summed E-state index contributed by atoms with van der Waals surface area (Å²) >= 11 is 3.62. The third kappa shape index (κ3) is 7.20. The molecule has 3 amide bonds. The van der Waals surface area contributed by atoms with Gasteiger partial charge in [0, 0.05) is 47.4 Å². The fourth-order valence-electron chi connectivity index (χ4n) is 8.49. The molecule has 7 rings (SSSR count). The summed E-state index contributed by atoms with van der Waals surface area (Å²) in [6, 6.07) is 32.6. The summed E-state index contributed by atoms with van der Waals surface area (Å²) in [5.41, 5.74) is 3.63. The van der Waals surface area contributed by atoms with Gasteiger partial charge in [-0.25, -0.2) is 5.01 Å². The van der Waals surface area contributed by atoms with Crippen molar-refractivity contribution in [1.82, 2.24) is 4.90 Å². The molecule has 0 aliphatic carbocycles. The van der Waals surface area contributed by atoms with Gasteiger partial charge in [-0.2, -0.15) is 5.10 Å². The summed E-state index contributed by atoms with van der Waals surface area (Å²) < 4.78 is 7.72. The summed E-state index contributed by atoms with van der Waals surface area (Å²) in [6.45, 7) is 6.09. The molecule has 1 saturated heterocycles. The van der Waals surface area contributed by atoms with Gasteiger partial charge in [0.05, 0.1) is 42.8 Å². The molecule has 280 valence electrons. The van der Waals surface area contributed by atoms with Crippen LogP contribution in [0, 0.1) is 5.92 Å². The average molecular weight is 810 g/mol. The van der Waals surface area contributed by atoms with Crippen molar-refractivity contribution in [2.45, 2.75) is 69.6 Å². The number of halogens is 1. The van der Waals surface area contributed by atoms with E-state index in [0.29, 0.717) is 36.3 Å². The van der Waals surface area contributed by atoms with Crippen LogP contribution in [-0.2, 0) is 37.8 Å². The van der Waals surface area contributed by atoms with Crippen LogP contribution >= 0.6 is 15.9 Å². The molecule has 0 aromatic heterocycles. The van der Waals surface area contributed by atoms with Crippen molar-refractivity contribution in [3.63, 3.8) is 0 Å². The van der Waals surface area contributed by atoms with Gasteiger partial charge >= 0.3 is 0 Å². The molecule has 2 N–H and O–H groups in total. The fraction of sp³-hybridized carbons (Fsp3) is 0.333. The SMILES string of the molecule is C[C@H]1[C@H]([Si](C)(C)O)[C@@H](CC(=O)N(CCO)Cc2ccccc2)O[C@]12C(=O)N(Cc1cccc(N3N=C(c4ccccc4)CCC3=O)c1)c1ccc(Br)cc12. The maximum absolute atomic E-state index is 15.0. The Morgan fingerprint density at radius 3 is 2.37 bits per heavy atom. The highest BCUT2D eigenvalue weighted by Crippen LogP contribution is 2.60. The minimum Gasteiger partial charge on any atom is -0.432 e. The molecule has 0 bridgehead atoms. The van der Waals surface area contributed by atoms with E-state index in [4.69, 9.17) is 9.84 Å². The van der Waals surface area contributed by atoms with E-state index < -0.39 is 31.5 Å². The summed E-state index contributed by atoms with van der Waals surface area (Å²) in [7, 11) is -3.04. The second-order valence-corrected chi connectivity index (χ2v) is 19.8. The Kier molecular flexibility index (Phi) is 10.8. The second-order valence-electron chi connectivity index (χ2n) is 14.9. The van der Waals surface area contributed by atoms with E-state index in [-0.39, 0.29) is 43.8 Å². The first-order valence-electron chi connectivity index (χ1n) is 18.4. The van der Waals surface area contributed by atoms with E-state index in [9.17, 15) is 19.5 Å². The number of benzene rings is 4. The Labute approximate surface area is 325 Å². The summed E-state index contributed by atoms with van der Waals surface area (Å²) in [5, 5.41) is 16.1. The van der Waals surface area contributed by atoms with Gasteiger partial charge in [-0.3, -0.25) is 14.4 Å². The number of aliphatic hydroxyl groups is 1. The van der Waals surface area contributed by atoms with Crippen molar-refractivity contribution in [3.05, 3.63) is 130 Å². The molecule has 3 aliphatic rings. The molecule has 0 saturated carbocycles. The summed E-state index contributed by atoms with van der Waals surface area (Å²) in [6.07, 6.45) is 0.106. The topological polar surface area (TPSA) is 123 Å². The molecule has 4 aromatic carbocycles. The summed E-state index contributed by atoms with van der Waals surface area (Å²) in [5.74, 6) is -1.04. The number of hydrogen-bond donors (Lipinski definition) is 2. The fourth-order valence-corrected chi connectivity index (χ4v) is 11.4.